The fraction of sp³-hybridized carbons (Fsp3) is 0.235. The van der Waals surface area contributed by atoms with Crippen molar-refractivity contribution in [1.82, 2.24) is 4.98 Å². The molecule has 0 fully saturated rings. The molecule has 5 heteroatoms. The van der Waals surface area contributed by atoms with E-state index in [1.54, 1.807) is 18.5 Å². The standard InChI is InChI=1S/C17H19N3O2/c1-12-15(19-13(2)21)6-3-7-16(12)20-17(22)9-8-14-5-4-10-18-11-14/h3-7,10-11H,8-9H2,1-2H3,(H,19,21)(H,20,22). The summed E-state index contributed by atoms with van der Waals surface area (Å²) >= 11 is 0. The zero-order valence-electron chi connectivity index (χ0n) is 12.7. The molecule has 0 aliphatic carbocycles. The topological polar surface area (TPSA) is 71.1 Å². The van der Waals surface area contributed by atoms with E-state index in [0.717, 1.165) is 11.1 Å². The van der Waals surface area contributed by atoms with E-state index in [2.05, 4.69) is 15.6 Å². The Kier molecular flexibility index (Phi) is 5.25. The maximum Gasteiger partial charge on any atom is 0.224 e. The fourth-order valence-electron chi connectivity index (χ4n) is 2.11. The Balaban J connectivity index is 1.98. The average Bonchev–Trinajstić information content (AvgIpc) is 2.50. The lowest BCUT2D eigenvalue weighted by molar-refractivity contribution is -0.116. The molecule has 2 rings (SSSR count). The Morgan fingerprint density at radius 3 is 2.45 bits per heavy atom. The molecule has 2 N–H and O–H groups in total. The molecule has 0 atom stereocenters. The molecule has 0 saturated heterocycles. The summed E-state index contributed by atoms with van der Waals surface area (Å²) in [6, 6.07) is 9.23. The fourth-order valence-corrected chi connectivity index (χ4v) is 2.11. The zero-order valence-corrected chi connectivity index (χ0v) is 12.7. The minimum Gasteiger partial charge on any atom is -0.326 e. The van der Waals surface area contributed by atoms with Gasteiger partial charge in [-0.25, -0.2) is 0 Å². The van der Waals surface area contributed by atoms with E-state index in [4.69, 9.17) is 0 Å². The molecule has 0 aliphatic rings. The maximum absolute atomic E-state index is 12.1. The lowest BCUT2D eigenvalue weighted by atomic mass is 10.1. The number of amides is 2. The maximum atomic E-state index is 12.1. The molecule has 0 unspecified atom stereocenters. The van der Waals surface area contributed by atoms with Crippen molar-refractivity contribution in [2.45, 2.75) is 26.7 Å². The monoisotopic (exact) mass is 297 g/mol. The highest BCUT2D eigenvalue weighted by Gasteiger charge is 2.08. The van der Waals surface area contributed by atoms with Gasteiger partial charge in [0.15, 0.2) is 0 Å². The average molecular weight is 297 g/mol. The number of benzene rings is 1. The number of aryl methyl sites for hydroxylation is 1. The number of carbonyl (C=O) groups is 2. The summed E-state index contributed by atoms with van der Waals surface area (Å²) in [4.78, 5) is 27.2. The van der Waals surface area contributed by atoms with Crippen LogP contribution in [0.4, 0.5) is 11.4 Å². The molecule has 1 aromatic heterocycles. The first-order chi connectivity index (χ1) is 10.6. The number of pyridine rings is 1. The number of nitrogens with one attached hydrogen (secondary N) is 2. The van der Waals surface area contributed by atoms with Crippen molar-refractivity contribution in [3.8, 4) is 0 Å². The molecular formula is C17H19N3O2. The van der Waals surface area contributed by atoms with E-state index < -0.39 is 0 Å². The molecule has 1 aromatic carbocycles. The van der Waals surface area contributed by atoms with Gasteiger partial charge in [-0.2, -0.15) is 0 Å². The second kappa shape index (κ2) is 7.36. The van der Waals surface area contributed by atoms with E-state index in [1.807, 2.05) is 31.2 Å². The first-order valence-electron chi connectivity index (χ1n) is 7.12. The predicted molar refractivity (Wildman–Crippen MR) is 86.7 cm³/mol. The van der Waals surface area contributed by atoms with Crippen LogP contribution in [0.5, 0.6) is 0 Å². The first kappa shape index (κ1) is 15.7. The van der Waals surface area contributed by atoms with Crippen LogP contribution in [-0.2, 0) is 16.0 Å². The lowest BCUT2D eigenvalue weighted by Crippen LogP contribution is -2.14. The Hall–Kier alpha value is -2.69. The molecule has 2 amide bonds. The van der Waals surface area contributed by atoms with Crippen LogP contribution in [-0.4, -0.2) is 16.8 Å². The van der Waals surface area contributed by atoms with Crippen LogP contribution in [0.15, 0.2) is 42.7 Å². The Morgan fingerprint density at radius 1 is 1.09 bits per heavy atom. The molecule has 0 bridgehead atoms. The van der Waals surface area contributed by atoms with Crippen LogP contribution in [0.1, 0.15) is 24.5 Å². The first-order valence-corrected chi connectivity index (χ1v) is 7.12. The van der Waals surface area contributed by atoms with Crippen molar-refractivity contribution in [2.24, 2.45) is 0 Å². The number of hydrogen-bond acceptors (Lipinski definition) is 3. The van der Waals surface area contributed by atoms with Crippen LogP contribution >= 0.6 is 0 Å². The Labute approximate surface area is 129 Å². The third kappa shape index (κ3) is 4.41. The summed E-state index contributed by atoms with van der Waals surface area (Å²) in [5, 5.41) is 5.63. The van der Waals surface area contributed by atoms with Gasteiger partial charge in [0.2, 0.25) is 11.8 Å². The molecule has 0 saturated carbocycles. The zero-order chi connectivity index (χ0) is 15.9. The van der Waals surface area contributed by atoms with Gasteiger partial charge in [0.25, 0.3) is 0 Å². The Bertz CT molecular complexity index is 669. The van der Waals surface area contributed by atoms with Crippen LogP contribution in [0.2, 0.25) is 0 Å². The van der Waals surface area contributed by atoms with E-state index in [-0.39, 0.29) is 11.8 Å². The van der Waals surface area contributed by atoms with Crippen molar-refractivity contribution < 1.29 is 9.59 Å². The molecule has 22 heavy (non-hydrogen) atoms. The normalized spacial score (nSPS) is 10.1. The summed E-state index contributed by atoms with van der Waals surface area (Å²) in [7, 11) is 0. The van der Waals surface area contributed by atoms with Crippen LogP contribution in [0.3, 0.4) is 0 Å². The number of hydrogen-bond donors (Lipinski definition) is 2. The van der Waals surface area contributed by atoms with Crippen molar-refractivity contribution in [2.75, 3.05) is 10.6 Å². The number of nitrogens with zero attached hydrogens (tertiary/aromatic N) is 1. The van der Waals surface area contributed by atoms with Gasteiger partial charge in [0.1, 0.15) is 0 Å². The third-order valence-electron chi connectivity index (χ3n) is 3.28. The van der Waals surface area contributed by atoms with E-state index in [9.17, 15) is 9.59 Å². The van der Waals surface area contributed by atoms with Gasteiger partial charge in [0.05, 0.1) is 0 Å². The summed E-state index contributed by atoms with van der Waals surface area (Å²) < 4.78 is 0. The van der Waals surface area contributed by atoms with Crippen LogP contribution in [0, 0.1) is 6.92 Å². The number of carbonyl (C=O) groups excluding carboxylic acids is 2. The second-order valence-corrected chi connectivity index (χ2v) is 5.07. The van der Waals surface area contributed by atoms with E-state index in [1.165, 1.54) is 6.92 Å². The molecule has 0 aliphatic heterocycles. The van der Waals surface area contributed by atoms with Gasteiger partial charge in [0, 0.05) is 37.1 Å². The highest BCUT2D eigenvalue weighted by atomic mass is 16.2. The van der Waals surface area contributed by atoms with Gasteiger partial charge in [-0.1, -0.05) is 12.1 Å². The molecular weight excluding hydrogens is 278 g/mol. The SMILES string of the molecule is CC(=O)Nc1cccc(NC(=O)CCc2cccnc2)c1C. The van der Waals surface area contributed by atoms with Crippen molar-refractivity contribution in [1.29, 1.82) is 0 Å². The minimum absolute atomic E-state index is 0.0630. The molecule has 2 aromatic rings. The number of aromatic nitrogens is 1. The highest BCUT2D eigenvalue weighted by molar-refractivity contribution is 5.95. The van der Waals surface area contributed by atoms with Crippen molar-refractivity contribution in [3.05, 3.63) is 53.9 Å². The third-order valence-corrected chi connectivity index (χ3v) is 3.28. The van der Waals surface area contributed by atoms with Gasteiger partial charge in [-0.3, -0.25) is 14.6 Å². The number of anilines is 2. The van der Waals surface area contributed by atoms with Gasteiger partial charge in [-0.15, -0.1) is 0 Å². The Morgan fingerprint density at radius 2 is 1.82 bits per heavy atom. The largest absolute Gasteiger partial charge is 0.326 e. The molecule has 1 heterocycles. The molecule has 5 nitrogen and oxygen atoms in total. The summed E-state index contributed by atoms with van der Waals surface area (Å²) in [5.41, 5.74) is 3.29. The van der Waals surface area contributed by atoms with Crippen LogP contribution < -0.4 is 10.6 Å². The smallest absolute Gasteiger partial charge is 0.224 e. The van der Waals surface area contributed by atoms with E-state index in [0.29, 0.717) is 24.2 Å². The lowest BCUT2D eigenvalue weighted by Gasteiger charge is -2.12. The molecule has 114 valence electrons. The summed E-state index contributed by atoms with van der Waals surface area (Å²) in [5.74, 6) is -0.199. The summed E-state index contributed by atoms with van der Waals surface area (Å²) in [6.07, 6.45) is 4.50. The molecule has 0 spiro atoms. The minimum atomic E-state index is -0.136. The van der Waals surface area contributed by atoms with Crippen molar-refractivity contribution >= 4 is 23.2 Å². The van der Waals surface area contributed by atoms with Gasteiger partial charge < -0.3 is 10.6 Å². The van der Waals surface area contributed by atoms with Crippen molar-refractivity contribution in [3.63, 3.8) is 0 Å². The second-order valence-electron chi connectivity index (χ2n) is 5.07. The van der Waals surface area contributed by atoms with Gasteiger partial charge in [-0.05, 0) is 42.7 Å². The number of rotatable bonds is 5. The van der Waals surface area contributed by atoms with Crippen LogP contribution in [0.25, 0.3) is 0 Å². The van der Waals surface area contributed by atoms with E-state index >= 15 is 0 Å². The quantitative estimate of drug-likeness (QED) is 0.891. The highest BCUT2D eigenvalue weighted by Crippen LogP contribution is 2.23. The summed E-state index contributed by atoms with van der Waals surface area (Å²) in [6.45, 7) is 3.32. The predicted octanol–water partition coefficient (Wildman–Crippen LogP) is 2.92. The molecule has 0 radical (unpaired) electrons. The van der Waals surface area contributed by atoms with Gasteiger partial charge >= 0.3 is 0 Å².